The highest BCUT2D eigenvalue weighted by molar-refractivity contribution is 9.10. The molecule has 4 nitrogen and oxygen atoms in total. The maximum absolute atomic E-state index is 12.6. The van der Waals surface area contributed by atoms with Crippen molar-refractivity contribution >= 4 is 37.9 Å². The molecular formula is C14H11BrN2O2. The molecule has 3 aromatic rings. The normalized spacial score (nSPS) is 15.5. The summed E-state index contributed by atoms with van der Waals surface area (Å²) in [6.07, 6.45) is 2.12. The monoisotopic (exact) mass is 318 g/mol. The van der Waals surface area contributed by atoms with Gasteiger partial charge in [0.15, 0.2) is 17.0 Å². The topological polar surface area (TPSA) is 48.0 Å². The predicted octanol–water partition coefficient (Wildman–Crippen LogP) is 3.55. The van der Waals surface area contributed by atoms with Crippen molar-refractivity contribution in [2.24, 2.45) is 0 Å². The van der Waals surface area contributed by atoms with Crippen molar-refractivity contribution in [3.8, 4) is 0 Å². The zero-order valence-electron chi connectivity index (χ0n) is 10.3. The number of rotatable bonds is 1. The van der Waals surface area contributed by atoms with Crippen molar-refractivity contribution in [1.29, 1.82) is 0 Å². The van der Waals surface area contributed by atoms with E-state index in [9.17, 15) is 4.79 Å². The lowest BCUT2D eigenvalue weighted by molar-refractivity contribution is 0.563. The van der Waals surface area contributed by atoms with E-state index in [0.29, 0.717) is 23.0 Å². The quantitative estimate of drug-likeness (QED) is 0.689. The highest BCUT2D eigenvalue weighted by atomic mass is 79.9. The number of fused-ring (bicyclic) bond motifs is 3. The zero-order valence-corrected chi connectivity index (χ0v) is 11.9. The van der Waals surface area contributed by atoms with Crippen LogP contribution in [0.25, 0.3) is 22.0 Å². The molecule has 1 saturated carbocycles. The fourth-order valence-corrected chi connectivity index (χ4v) is 2.92. The first-order chi connectivity index (χ1) is 9.15. The summed E-state index contributed by atoms with van der Waals surface area (Å²) < 4.78 is 8.45. The van der Waals surface area contributed by atoms with Gasteiger partial charge in [0.1, 0.15) is 0 Å². The van der Waals surface area contributed by atoms with Gasteiger partial charge in [-0.3, -0.25) is 4.79 Å². The van der Waals surface area contributed by atoms with E-state index in [4.69, 9.17) is 4.42 Å². The molecule has 2 aromatic heterocycles. The minimum atomic E-state index is -0.0417. The van der Waals surface area contributed by atoms with E-state index in [1.54, 1.807) is 6.92 Å². The average Bonchev–Trinajstić information content (AvgIpc) is 3.11. The Hall–Kier alpha value is -1.62. The minimum absolute atomic E-state index is 0.0417. The van der Waals surface area contributed by atoms with Crippen molar-refractivity contribution in [3.63, 3.8) is 0 Å². The Kier molecular flexibility index (Phi) is 2.18. The summed E-state index contributed by atoms with van der Waals surface area (Å²) in [6.45, 7) is 1.77. The third-order valence-electron chi connectivity index (χ3n) is 3.53. The van der Waals surface area contributed by atoms with Crippen molar-refractivity contribution in [3.05, 3.63) is 38.9 Å². The Balaban J connectivity index is 2.29. The standard InChI is InChI=1S/C14H11BrN2O2/c1-7-16-12-13(19-7)10-5-2-8(15)6-11(10)17(14(12)18)9-3-4-9/h2,5-6,9H,3-4H2,1H3. The van der Waals surface area contributed by atoms with Crippen LogP contribution < -0.4 is 5.56 Å². The van der Waals surface area contributed by atoms with E-state index in [1.165, 1.54) is 0 Å². The summed E-state index contributed by atoms with van der Waals surface area (Å²) in [5.41, 5.74) is 1.92. The lowest BCUT2D eigenvalue weighted by atomic mass is 10.2. The van der Waals surface area contributed by atoms with E-state index < -0.39 is 0 Å². The van der Waals surface area contributed by atoms with Gasteiger partial charge in [-0.15, -0.1) is 0 Å². The van der Waals surface area contributed by atoms with Crippen molar-refractivity contribution in [1.82, 2.24) is 9.55 Å². The van der Waals surface area contributed by atoms with E-state index >= 15 is 0 Å². The summed E-state index contributed by atoms with van der Waals surface area (Å²) in [5, 5.41) is 0.949. The Bertz CT molecular complexity index is 874. The second-order valence-electron chi connectivity index (χ2n) is 4.98. The molecule has 1 aliphatic carbocycles. The molecule has 0 saturated heterocycles. The van der Waals surface area contributed by atoms with Gasteiger partial charge in [0, 0.05) is 22.8 Å². The molecular weight excluding hydrogens is 308 g/mol. The molecule has 2 heterocycles. The third-order valence-corrected chi connectivity index (χ3v) is 4.02. The van der Waals surface area contributed by atoms with E-state index in [0.717, 1.165) is 28.2 Å². The molecule has 19 heavy (non-hydrogen) atoms. The first-order valence-corrected chi connectivity index (χ1v) is 7.05. The predicted molar refractivity (Wildman–Crippen MR) is 76.5 cm³/mol. The number of hydrogen-bond donors (Lipinski definition) is 0. The van der Waals surface area contributed by atoms with Crippen molar-refractivity contribution in [2.45, 2.75) is 25.8 Å². The van der Waals surface area contributed by atoms with Crippen molar-refractivity contribution < 1.29 is 4.42 Å². The Morgan fingerprint density at radius 3 is 2.95 bits per heavy atom. The molecule has 0 N–H and O–H groups in total. The molecule has 0 aliphatic heterocycles. The van der Waals surface area contributed by atoms with Gasteiger partial charge in [-0.2, -0.15) is 0 Å². The first-order valence-electron chi connectivity index (χ1n) is 6.26. The highest BCUT2D eigenvalue weighted by Gasteiger charge is 2.28. The zero-order chi connectivity index (χ0) is 13.1. The summed E-state index contributed by atoms with van der Waals surface area (Å²) in [6, 6.07) is 6.23. The average molecular weight is 319 g/mol. The van der Waals surface area contributed by atoms with Crippen LogP contribution in [-0.4, -0.2) is 9.55 Å². The molecule has 0 amide bonds. The van der Waals surface area contributed by atoms with Gasteiger partial charge in [0.05, 0.1) is 5.52 Å². The molecule has 1 aromatic carbocycles. The first kappa shape index (κ1) is 11.2. The van der Waals surface area contributed by atoms with Crippen LogP contribution in [0.1, 0.15) is 24.8 Å². The Labute approximate surface area is 117 Å². The number of aromatic nitrogens is 2. The third kappa shape index (κ3) is 1.57. The van der Waals surface area contributed by atoms with Crippen LogP contribution in [0.4, 0.5) is 0 Å². The van der Waals surface area contributed by atoms with Crippen LogP contribution >= 0.6 is 15.9 Å². The van der Waals surface area contributed by atoms with Gasteiger partial charge >= 0.3 is 0 Å². The van der Waals surface area contributed by atoms with Crippen LogP contribution in [-0.2, 0) is 0 Å². The van der Waals surface area contributed by atoms with Gasteiger partial charge in [-0.1, -0.05) is 15.9 Å². The molecule has 96 valence electrons. The van der Waals surface area contributed by atoms with Gasteiger partial charge in [-0.25, -0.2) is 4.98 Å². The van der Waals surface area contributed by atoms with E-state index in [2.05, 4.69) is 20.9 Å². The smallest absolute Gasteiger partial charge is 0.281 e. The second kappa shape index (κ2) is 3.70. The Morgan fingerprint density at radius 1 is 1.42 bits per heavy atom. The molecule has 1 aliphatic rings. The van der Waals surface area contributed by atoms with Gasteiger partial charge in [0.2, 0.25) is 0 Å². The van der Waals surface area contributed by atoms with Crippen LogP contribution in [0.15, 0.2) is 31.9 Å². The number of aryl methyl sites for hydroxylation is 1. The molecule has 0 unspecified atom stereocenters. The summed E-state index contributed by atoms with van der Waals surface area (Å²) >= 11 is 3.47. The van der Waals surface area contributed by atoms with E-state index in [1.807, 2.05) is 22.8 Å². The van der Waals surface area contributed by atoms with Crippen molar-refractivity contribution in [2.75, 3.05) is 0 Å². The summed E-state index contributed by atoms with van der Waals surface area (Å²) in [5.74, 6) is 0.532. The molecule has 0 radical (unpaired) electrons. The molecule has 4 rings (SSSR count). The van der Waals surface area contributed by atoms with Crippen LogP contribution in [0.3, 0.4) is 0 Å². The van der Waals surface area contributed by atoms with E-state index in [-0.39, 0.29) is 5.56 Å². The van der Waals surface area contributed by atoms with Gasteiger partial charge in [0.25, 0.3) is 5.56 Å². The number of halogens is 1. The Morgan fingerprint density at radius 2 is 2.21 bits per heavy atom. The van der Waals surface area contributed by atoms with Crippen LogP contribution in [0, 0.1) is 6.92 Å². The maximum Gasteiger partial charge on any atom is 0.281 e. The second-order valence-corrected chi connectivity index (χ2v) is 5.89. The summed E-state index contributed by atoms with van der Waals surface area (Å²) in [4.78, 5) is 16.8. The largest absolute Gasteiger partial charge is 0.440 e. The van der Waals surface area contributed by atoms with Crippen LogP contribution in [0.5, 0.6) is 0 Å². The fraction of sp³-hybridized carbons (Fsp3) is 0.286. The minimum Gasteiger partial charge on any atom is -0.440 e. The number of nitrogens with zero attached hydrogens (tertiary/aromatic N) is 2. The maximum atomic E-state index is 12.6. The molecule has 0 spiro atoms. The molecule has 0 atom stereocenters. The number of oxazole rings is 1. The number of benzene rings is 1. The lowest BCUT2D eigenvalue weighted by Gasteiger charge is -2.09. The lowest BCUT2D eigenvalue weighted by Crippen LogP contribution is -2.19. The SMILES string of the molecule is Cc1nc2c(=O)n(C3CC3)c3cc(Br)ccc3c2o1. The number of pyridine rings is 1. The fourth-order valence-electron chi connectivity index (χ4n) is 2.57. The highest BCUT2D eigenvalue weighted by Crippen LogP contribution is 2.37. The van der Waals surface area contributed by atoms with Gasteiger partial charge in [-0.05, 0) is 31.0 Å². The van der Waals surface area contributed by atoms with Gasteiger partial charge < -0.3 is 8.98 Å². The number of hydrogen-bond acceptors (Lipinski definition) is 3. The molecule has 0 bridgehead atoms. The summed E-state index contributed by atoms with van der Waals surface area (Å²) in [7, 11) is 0. The molecule has 1 fully saturated rings. The molecule has 5 heteroatoms. The van der Waals surface area contributed by atoms with Crippen LogP contribution in [0.2, 0.25) is 0 Å².